The average molecular weight is 236 g/mol. The summed E-state index contributed by atoms with van der Waals surface area (Å²) >= 11 is 0. The Kier molecular flexibility index (Phi) is 6.08. The Morgan fingerprint density at radius 3 is 1.88 bits per heavy atom. The zero-order valence-electron chi connectivity index (χ0n) is 11.9. The summed E-state index contributed by atoms with van der Waals surface area (Å²) in [6.45, 7) is 11.2. The lowest BCUT2D eigenvalue weighted by atomic mass is 9.77. The molecule has 0 bridgehead atoms. The van der Waals surface area contributed by atoms with E-state index in [1.807, 2.05) is 39.8 Å². The third-order valence-corrected chi connectivity index (χ3v) is 2.79. The normalized spacial score (nSPS) is 12.2. The predicted molar refractivity (Wildman–Crippen MR) is 71.9 cm³/mol. The molecule has 0 fully saturated rings. The average Bonchev–Trinajstić information content (AvgIpc) is 2.13. The number of allylic oxidation sites excluding steroid dienone is 4. The minimum Gasteiger partial charge on any atom is -0.300 e. The molecule has 0 aromatic rings. The Labute approximate surface area is 105 Å². The third kappa shape index (κ3) is 6.20. The highest BCUT2D eigenvalue weighted by Gasteiger charge is 2.26. The van der Waals surface area contributed by atoms with E-state index in [1.54, 1.807) is 13.8 Å². The number of carbonyl (C=O) groups is 2. The van der Waals surface area contributed by atoms with E-state index in [0.29, 0.717) is 12.8 Å². The van der Waals surface area contributed by atoms with E-state index in [2.05, 4.69) is 0 Å². The molecule has 0 aromatic carbocycles. The summed E-state index contributed by atoms with van der Waals surface area (Å²) < 4.78 is 0. The van der Waals surface area contributed by atoms with Gasteiger partial charge in [-0.1, -0.05) is 31.6 Å². The maximum Gasteiger partial charge on any atom is 0.156 e. The second-order valence-electron chi connectivity index (χ2n) is 5.47. The summed E-state index contributed by atoms with van der Waals surface area (Å²) in [7, 11) is 0. The van der Waals surface area contributed by atoms with Crippen molar-refractivity contribution in [3.63, 3.8) is 0 Å². The van der Waals surface area contributed by atoms with Crippen LogP contribution >= 0.6 is 0 Å². The fourth-order valence-electron chi connectivity index (χ4n) is 1.69. The van der Waals surface area contributed by atoms with E-state index in [1.165, 1.54) is 0 Å². The van der Waals surface area contributed by atoms with Crippen molar-refractivity contribution in [1.82, 2.24) is 0 Å². The van der Waals surface area contributed by atoms with E-state index in [9.17, 15) is 9.59 Å². The number of hydrogen-bond acceptors (Lipinski definition) is 2. The van der Waals surface area contributed by atoms with Crippen LogP contribution in [-0.2, 0) is 9.59 Å². The zero-order valence-corrected chi connectivity index (χ0v) is 11.9. The van der Waals surface area contributed by atoms with Gasteiger partial charge >= 0.3 is 0 Å². The third-order valence-electron chi connectivity index (χ3n) is 2.79. The van der Waals surface area contributed by atoms with Crippen LogP contribution in [0.3, 0.4) is 0 Å². The van der Waals surface area contributed by atoms with Gasteiger partial charge in [-0.3, -0.25) is 4.79 Å². The molecule has 2 heteroatoms. The molecule has 0 radical (unpaired) electrons. The monoisotopic (exact) mass is 236 g/mol. The van der Waals surface area contributed by atoms with Crippen LogP contribution in [0.1, 0.15) is 54.4 Å². The van der Waals surface area contributed by atoms with Crippen LogP contribution in [0.4, 0.5) is 0 Å². The first kappa shape index (κ1) is 15.8. The Balaban J connectivity index is 5.04. The highest BCUT2D eigenvalue weighted by Crippen LogP contribution is 2.32. The summed E-state index contributed by atoms with van der Waals surface area (Å²) in [5.41, 5.74) is 1.70. The highest BCUT2D eigenvalue weighted by molar-refractivity contribution is 5.94. The fourth-order valence-corrected chi connectivity index (χ4v) is 1.69. The lowest BCUT2D eigenvalue weighted by Gasteiger charge is -2.26. The summed E-state index contributed by atoms with van der Waals surface area (Å²) in [5, 5.41) is 0. The molecule has 0 aliphatic rings. The quantitative estimate of drug-likeness (QED) is 0.518. The summed E-state index contributed by atoms with van der Waals surface area (Å²) in [6.07, 6.45) is 5.07. The summed E-state index contributed by atoms with van der Waals surface area (Å²) in [5.74, 6) is 0.249. The van der Waals surface area contributed by atoms with Gasteiger partial charge in [0.1, 0.15) is 5.78 Å². The van der Waals surface area contributed by atoms with Crippen LogP contribution in [0, 0.1) is 5.41 Å². The molecule has 0 atom stereocenters. The van der Waals surface area contributed by atoms with Crippen LogP contribution in [0.2, 0.25) is 0 Å². The molecule has 17 heavy (non-hydrogen) atoms. The first-order valence-corrected chi connectivity index (χ1v) is 6.03. The standard InChI is InChI=1S/C15H24O2/c1-11(2)7-8-14(13(4)17)15(5,6)10-9-12(3)16/h7-8H,9-10H2,1-6H3/b14-8+. The minimum absolute atomic E-state index is 0.0797. The van der Waals surface area contributed by atoms with Gasteiger partial charge in [-0.2, -0.15) is 0 Å². The molecule has 0 saturated heterocycles. The number of rotatable bonds is 6. The van der Waals surface area contributed by atoms with Crippen molar-refractivity contribution in [2.75, 3.05) is 0 Å². The SMILES string of the molecule is CC(=O)CCC(C)(C)/C(=C/C=C(C)C)C(C)=O. The van der Waals surface area contributed by atoms with Gasteiger partial charge in [0.15, 0.2) is 5.78 Å². The molecule has 0 rings (SSSR count). The maximum absolute atomic E-state index is 11.7. The number of ketones is 2. The molecular formula is C15H24O2. The van der Waals surface area contributed by atoms with E-state index < -0.39 is 0 Å². The van der Waals surface area contributed by atoms with Crippen LogP contribution < -0.4 is 0 Å². The lowest BCUT2D eigenvalue weighted by Crippen LogP contribution is -2.20. The van der Waals surface area contributed by atoms with Gasteiger partial charge in [-0.15, -0.1) is 0 Å². The van der Waals surface area contributed by atoms with Gasteiger partial charge in [0, 0.05) is 12.0 Å². The molecule has 0 aromatic heterocycles. The Hall–Kier alpha value is -1.18. The van der Waals surface area contributed by atoms with Crippen LogP contribution in [0.15, 0.2) is 23.3 Å². The van der Waals surface area contributed by atoms with Crippen molar-refractivity contribution in [2.24, 2.45) is 5.41 Å². The second-order valence-corrected chi connectivity index (χ2v) is 5.47. The molecule has 96 valence electrons. The molecule has 0 spiro atoms. The van der Waals surface area contributed by atoms with Crippen LogP contribution in [-0.4, -0.2) is 11.6 Å². The van der Waals surface area contributed by atoms with E-state index >= 15 is 0 Å². The maximum atomic E-state index is 11.7. The molecule has 0 aliphatic heterocycles. The van der Waals surface area contributed by atoms with Crippen molar-refractivity contribution >= 4 is 11.6 Å². The first-order valence-electron chi connectivity index (χ1n) is 6.03. The second kappa shape index (κ2) is 6.53. The van der Waals surface area contributed by atoms with Crippen molar-refractivity contribution in [2.45, 2.75) is 54.4 Å². The fraction of sp³-hybridized carbons (Fsp3) is 0.600. The Bertz CT molecular complexity index is 353. The van der Waals surface area contributed by atoms with Gasteiger partial charge < -0.3 is 4.79 Å². The van der Waals surface area contributed by atoms with Gasteiger partial charge in [0.2, 0.25) is 0 Å². The van der Waals surface area contributed by atoms with Gasteiger partial charge in [0.05, 0.1) is 0 Å². The molecule has 0 unspecified atom stereocenters. The molecule has 2 nitrogen and oxygen atoms in total. The number of hydrogen-bond donors (Lipinski definition) is 0. The Morgan fingerprint density at radius 1 is 1.00 bits per heavy atom. The molecule has 0 aliphatic carbocycles. The largest absolute Gasteiger partial charge is 0.300 e. The van der Waals surface area contributed by atoms with Gasteiger partial charge in [-0.05, 0) is 39.5 Å². The summed E-state index contributed by atoms with van der Waals surface area (Å²) in [6, 6.07) is 0. The van der Waals surface area contributed by atoms with E-state index in [0.717, 1.165) is 11.1 Å². The molecule has 0 saturated carbocycles. The van der Waals surface area contributed by atoms with Gasteiger partial charge in [0.25, 0.3) is 0 Å². The van der Waals surface area contributed by atoms with Crippen molar-refractivity contribution in [3.8, 4) is 0 Å². The summed E-state index contributed by atoms with van der Waals surface area (Å²) in [4.78, 5) is 22.7. The number of carbonyl (C=O) groups excluding carboxylic acids is 2. The molecule has 0 amide bonds. The molecule has 0 heterocycles. The highest BCUT2D eigenvalue weighted by atomic mass is 16.1. The van der Waals surface area contributed by atoms with Crippen molar-refractivity contribution < 1.29 is 9.59 Å². The minimum atomic E-state index is -0.247. The predicted octanol–water partition coefficient (Wildman–Crippen LogP) is 3.86. The van der Waals surface area contributed by atoms with Crippen LogP contribution in [0.25, 0.3) is 0 Å². The smallest absolute Gasteiger partial charge is 0.156 e. The molecular weight excluding hydrogens is 212 g/mol. The van der Waals surface area contributed by atoms with Crippen molar-refractivity contribution in [1.29, 1.82) is 0 Å². The van der Waals surface area contributed by atoms with Crippen LogP contribution in [0.5, 0.6) is 0 Å². The van der Waals surface area contributed by atoms with E-state index in [-0.39, 0.29) is 17.0 Å². The topological polar surface area (TPSA) is 34.1 Å². The number of Topliss-reactive ketones (excluding diaryl/α,β-unsaturated/α-hetero) is 2. The molecule has 0 N–H and O–H groups in total. The zero-order chi connectivity index (χ0) is 13.6. The van der Waals surface area contributed by atoms with E-state index in [4.69, 9.17) is 0 Å². The lowest BCUT2D eigenvalue weighted by molar-refractivity contribution is -0.118. The van der Waals surface area contributed by atoms with Gasteiger partial charge in [-0.25, -0.2) is 0 Å². The first-order chi connectivity index (χ1) is 7.66. The Morgan fingerprint density at radius 2 is 1.53 bits per heavy atom. The van der Waals surface area contributed by atoms with Crippen molar-refractivity contribution in [3.05, 3.63) is 23.3 Å².